The lowest BCUT2D eigenvalue weighted by Gasteiger charge is -2.51. The summed E-state index contributed by atoms with van der Waals surface area (Å²) in [7, 11) is -3.34. The van der Waals surface area contributed by atoms with E-state index in [1.54, 1.807) is 0 Å². The minimum absolute atomic E-state index is 0.0225. The van der Waals surface area contributed by atoms with Gasteiger partial charge in [-0.05, 0) is 31.6 Å². The zero-order valence-electron chi connectivity index (χ0n) is 19.0. The highest BCUT2D eigenvalue weighted by Gasteiger charge is 2.52. The Morgan fingerprint density at radius 2 is 1.43 bits per heavy atom. The molecule has 0 spiro atoms. The molecule has 2 fully saturated rings. The van der Waals surface area contributed by atoms with Gasteiger partial charge in [0.05, 0.1) is 17.5 Å². The van der Waals surface area contributed by atoms with Crippen molar-refractivity contribution in [2.45, 2.75) is 127 Å². The average molecular weight is 436 g/mol. The van der Waals surface area contributed by atoms with Crippen LogP contribution in [0.3, 0.4) is 0 Å². The first-order chi connectivity index (χ1) is 14.5. The number of sulfonamides is 1. The predicted octanol–water partition coefficient (Wildman–Crippen LogP) is 6.06. The molecule has 1 saturated heterocycles. The Hall–Kier alpha value is -0.880. The molecule has 3 aliphatic rings. The number of hydrogen-bond donors (Lipinski definition) is 1. The topological polar surface area (TPSA) is 66.1 Å². The molecular weight excluding hydrogens is 394 g/mol. The van der Waals surface area contributed by atoms with Crippen molar-refractivity contribution in [2.75, 3.05) is 0 Å². The van der Waals surface area contributed by atoms with Crippen LogP contribution in [-0.2, 0) is 10.0 Å². The van der Waals surface area contributed by atoms with Gasteiger partial charge in [-0.1, -0.05) is 78.1 Å². The number of H-pyrrole nitrogens is 1. The summed E-state index contributed by atoms with van der Waals surface area (Å²) in [6.07, 6.45) is 17.9. The van der Waals surface area contributed by atoms with Gasteiger partial charge >= 0.3 is 0 Å². The van der Waals surface area contributed by atoms with Crippen LogP contribution in [0.15, 0.2) is 6.20 Å². The maximum atomic E-state index is 14.2. The Morgan fingerprint density at radius 1 is 0.867 bits per heavy atom. The molecular formula is C24H41N3O2S. The second kappa shape index (κ2) is 9.72. The summed E-state index contributed by atoms with van der Waals surface area (Å²) in [6.45, 7) is 4.43. The van der Waals surface area contributed by atoms with Crippen LogP contribution < -0.4 is 0 Å². The fourth-order valence-corrected chi connectivity index (χ4v) is 8.99. The van der Waals surface area contributed by atoms with Crippen LogP contribution >= 0.6 is 0 Å². The molecule has 1 aliphatic carbocycles. The van der Waals surface area contributed by atoms with Gasteiger partial charge in [-0.3, -0.25) is 5.10 Å². The molecule has 170 valence electrons. The Kier molecular flexibility index (Phi) is 7.23. The summed E-state index contributed by atoms with van der Waals surface area (Å²) < 4.78 is 30.3. The molecule has 0 amide bonds. The second-order valence-electron chi connectivity index (χ2n) is 10.2. The van der Waals surface area contributed by atoms with E-state index in [1.165, 1.54) is 51.4 Å². The van der Waals surface area contributed by atoms with E-state index in [1.807, 2.05) is 10.5 Å². The van der Waals surface area contributed by atoms with E-state index in [9.17, 15) is 8.42 Å². The van der Waals surface area contributed by atoms with Gasteiger partial charge in [0.2, 0.25) is 10.0 Å². The van der Waals surface area contributed by atoms with E-state index in [2.05, 4.69) is 24.0 Å². The smallest absolute Gasteiger partial charge is 0.217 e. The van der Waals surface area contributed by atoms with Gasteiger partial charge in [0.1, 0.15) is 0 Å². The number of fused-ring (bicyclic) bond motifs is 4. The maximum absolute atomic E-state index is 14.2. The lowest BCUT2D eigenvalue weighted by Crippen LogP contribution is -2.56. The SMILES string of the molecule is CC1CCC2c3cn[nH]c3C(C)C1N2S(=O)(=O)C1CCCCCCCCCCCC1. The van der Waals surface area contributed by atoms with Crippen molar-refractivity contribution in [1.82, 2.24) is 14.5 Å². The first-order valence-electron chi connectivity index (χ1n) is 12.6. The monoisotopic (exact) mass is 435 g/mol. The third-order valence-corrected chi connectivity index (χ3v) is 10.5. The third-order valence-electron chi connectivity index (χ3n) is 8.12. The van der Waals surface area contributed by atoms with Crippen molar-refractivity contribution in [1.29, 1.82) is 0 Å². The molecule has 6 heteroatoms. The molecule has 1 aromatic heterocycles. The van der Waals surface area contributed by atoms with Crippen molar-refractivity contribution in [3.8, 4) is 0 Å². The quantitative estimate of drug-likeness (QED) is 0.614. The number of hydrogen-bond acceptors (Lipinski definition) is 3. The molecule has 2 aliphatic heterocycles. The van der Waals surface area contributed by atoms with Crippen LogP contribution in [0, 0.1) is 5.92 Å². The van der Waals surface area contributed by atoms with E-state index < -0.39 is 10.0 Å². The lowest BCUT2D eigenvalue weighted by molar-refractivity contribution is 0.0922. The van der Waals surface area contributed by atoms with E-state index in [4.69, 9.17) is 0 Å². The van der Waals surface area contributed by atoms with Crippen molar-refractivity contribution >= 4 is 10.0 Å². The molecule has 30 heavy (non-hydrogen) atoms. The van der Waals surface area contributed by atoms with Gasteiger partial charge in [0, 0.05) is 23.2 Å². The Labute approximate surface area is 183 Å². The van der Waals surface area contributed by atoms with Crippen LogP contribution in [0.25, 0.3) is 0 Å². The highest BCUT2D eigenvalue weighted by Crippen LogP contribution is 2.50. The largest absolute Gasteiger partial charge is 0.282 e. The minimum atomic E-state index is -3.34. The van der Waals surface area contributed by atoms with Crippen molar-refractivity contribution in [2.24, 2.45) is 5.92 Å². The first kappa shape index (κ1) is 22.3. The normalized spacial score (nSPS) is 33.1. The molecule has 4 unspecified atom stereocenters. The van der Waals surface area contributed by atoms with Crippen LogP contribution in [0.1, 0.15) is 127 Å². The zero-order valence-corrected chi connectivity index (χ0v) is 19.8. The van der Waals surface area contributed by atoms with Gasteiger partial charge in [0.15, 0.2) is 0 Å². The van der Waals surface area contributed by atoms with Crippen molar-refractivity contribution in [3.63, 3.8) is 0 Å². The Morgan fingerprint density at radius 3 is 2.03 bits per heavy atom. The molecule has 5 nitrogen and oxygen atoms in total. The summed E-state index contributed by atoms with van der Waals surface area (Å²) >= 11 is 0. The highest BCUT2D eigenvalue weighted by molar-refractivity contribution is 7.89. The fourth-order valence-electron chi connectivity index (χ4n) is 6.41. The fraction of sp³-hybridized carbons (Fsp3) is 0.875. The number of nitrogens with zero attached hydrogens (tertiary/aromatic N) is 2. The van der Waals surface area contributed by atoms with Crippen LogP contribution in [0.4, 0.5) is 0 Å². The lowest BCUT2D eigenvalue weighted by atomic mass is 9.74. The molecule has 1 saturated carbocycles. The third kappa shape index (κ3) is 4.36. The highest BCUT2D eigenvalue weighted by atomic mass is 32.2. The summed E-state index contributed by atoms with van der Waals surface area (Å²) in [5.41, 5.74) is 2.29. The molecule has 1 aromatic rings. The zero-order chi connectivity index (χ0) is 21.1. The molecule has 3 heterocycles. The van der Waals surface area contributed by atoms with Gasteiger partial charge in [-0.2, -0.15) is 9.40 Å². The van der Waals surface area contributed by atoms with E-state index >= 15 is 0 Å². The maximum Gasteiger partial charge on any atom is 0.217 e. The van der Waals surface area contributed by atoms with Gasteiger partial charge in [0.25, 0.3) is 0 Å². The summed E-state index contributed by atoms with van der Waals surface area (Å²) in [6, 6.07) is 0.0389. The van der Waals surface area contributed by atoms with Crippen LogP contribution in [0.2, 0.25) is 0 Å². The number of aromatic amines is 1. The summed E-state index contributed by atoms with van der Waals surface area (Å²) in [4.78, 5) is 0. The van der Waals surface area contributed by atoms with Gasteiger partial charge < -0.3 is 0 Å². The minimum Gasteiger partial charge on any atom is -0.282 e. The number of rotatable bonds is 2. The average Bonchev–Trinajstić information content (AvgIpc) is 3.22. The Bertz CT molecular complexity index is 776. The van der Waals surface area contributed by atoms with Gasteiger partial charge in [-0.25, -0.2) is 8.42 Å². The van der Waals surface area contributed by atoms with E-state index in [0.29, 0.717) is 5.92 Å². The number of aromatic nitrogens is 2. The summed E-state index contributed by atoms with van der Waals surface area (Å²) in [5.74, 6) is 0.566. The molecule has 2 bridgehead atoms. The number of piperidine rings is 1. The molecule has 4 atom stereocenters. The first-order valence-corrected chi connectivity index (χ1v) is 14.1. The van der Waals surface area contributed by atoms with E-state index in [-0.39, 0.29) is 23.3 Å². The molecule has 1 N–H and O–H groups in total. The standard InChI is InChI=1S/C24H41N3O2S/c1-18-15-16-22-21-17-25-26-23(21)19(2)24(18)27(22)30(28,29)20-13-11-9-7-5-3-4-6-8-10-12-14-20/h17-20,22,24H,3-16H2,1-2H3,(H,25,26). The predicted molar refractivity (Wildman–Crippen MR) is 122 cm³/mol. The van der Waals surface area contributed by atoms with Crippen LogP contribution in [0.5, 0.6) is 0 Å². The van der Waals surface area contributed by atoms with Crippen LogP contribution in [-0.4, -0.2) is 34.2 Å². The Balaban J connectivity index is 1.59. The van der Waals surface area contributed by atoms with E-state index in [0.717, 1.165) is 49.8 Å². The molecule has 0 radical (unpaired) electrons. The number of nitrogens with one attached hydrogen (secondary N) is 1. The van der Waals surface area contributed by atoms with Crippen molar-refractivity contribution < 1.29 is 8.42 Å². The molecule has 0 aromatic carbocycles. The van der Waals surface area contributed by atoms with Crippen molar-refractivity contribution in [3.05, 3.63) is 17.5 Å². The summed E-state index contributed by atoms with van der Waals surface area (Å²) in [5, 5.41) is 7.28. The second-order valence-corrected chi connectivity index (χ2v) is 12.3. The van der Waals surface area contributed by atoms with Gasteiger partial charge in [-0.15, -0.1) is 0 Å². The molecule has 4 rings (SSSR count).